The molecular formula is C12H16F3NO. The van der Waals surface area contributed by atoms with Crippen LogP contribution in [-0.2, 0) is 12.8 Å². The molecule has 0 fully saturated rings. The van der Waals surface area contributed by atoms with E-state index in [-0.39, 0.29) is 11.5 Å². The Morgan fingerprint density at radius 2 is 2.06 bits per heavy atom. The number of aliphatic hydroxyl groups is 1. The Morgan fingerprint density at radius 1 is 1.41 bits per heavy atom. The molecule has 1 heterocycles. The lowest BCUT2D eigenvalue weighted by atomic mass is 9.98. The molecule has 1 aromatic heterocycles. The number of hydrogen-bond donors (Lipinski definition) is 1. The summed E-state index contributed by atoms with van der Waals surface area (Å²) in [6, 6.07) is 1.05. The molecule has 0 saturated carbocycles. The van der Waals surface area contributed by atoms with Crippen LogP contribution in [0.1, 0.15) is 49.4 Å². The second-order valence-electron chi connectivity index (χ2n) is 4.11. The first-order chi connectivity index (χ1) is 7.90. The number of aromatic nitrogens is 1. The van der Waals surface area contributed by atoms with E-state index in [4.69, 9.17) is 5.11 Å². The van der Waals surface area contributed by atoms with Gasteiger partial charge in [-0.15, -0.1) is 0 Å². The predicted molar refractivity (Wildman–Crippen MR) is 58.5 cm³/mol. The summed E-state index contributed by atoms with van der Waals surface area (Å²) in [6.45, 7) is 3.18. The van der Waals surface area contributed by atoms with Gasteiger partial charge < -0.3 is 5.11 Å². The number of alkyl halides is 3. The molecule has 1 aromatic rings. The van der Waals surface area contributed by atoms with Crippen LogP contribution < -0.4 is 0 Å². The molecule has 1 unspecified atom stereocenters. The largest absolute Gasteiger partial charge is 0.416 e. The van der Waals surface area contributed by atoms with Gasteiger partial charge in [0.1, 0.15) is 0 Å². The van der Waals surface area contributed by atoms with E-state index >= 15 is 0 Å². The van der Waals surface area contributed by atoms with Gasteiger partial charge in [-0.25, -0.2) is 0 Å². The van der Waals surface area contributed by atoms with Crippen LogP contribution in [0.4, 0.5) is 13.2 Å². The molecular weight excluding hydrogens is 231 g/mol. The molecule has 0 aliphatic heterocycles. The van der Waals surface area contributed by atoms with Crippen LogP contribution in [-0.4, -0.2) is 10.1 Å². The Morgan fingerprint density at radius 3 is 2.53 bits per heavy atom. The van der Waals surface area contributed by atoms with Crippen molar-refractivity contribution in [2.75, 3.05) is 0 Å². The molecule has 0 radical (unpaired) electrons. The van der Waals surface area contributed by atoms with Crippen LogP contribution >= 0.6 is 0 Å². The smallest absolute Gasteiger partial charge is 0.392 e. The maximum atomic E-state index is 12.7. The Bertz CT molecular complexity index is 377. The molecule has 1 rings (SSSR count). The first kappa shape index (κ1) is 14.0. The van der Waals surface area contributed by atoms with Gasteiger partial charge in [-0.05, 0) is 18.4 Å². The number of hydrogen-bond acceptors (Lipinski definition) is 2. The summed E-state index contributed by atoms with van der Waals surface area (Å²) in [7, 11) is 0. The van der Waals surface area contributed by atoms with E-state index in [0.717, 1.165) is 25.1 Å². The van der Waals surface area contributed by atoms with Crippen LogP contribution in [0.15, 0.2) is 12.3 Å². The minimum Gasteiger partial charge on any atom is -0.392 e. The van der Waals surface area contributed by atoms with Crippen LogP contribution in [0.2, 0.25) is 0 Å². The van der Waals surface area contributed by atoms with Gasteiger partial charge in [-0.3, -0.25) is 4.98 Å². The molecule has 1 atom stereocenters. The van der Waals surface area contributed by atoms with Crippen LogP contribution in [0, 0.1) is 0 Å². The zero-order valence-corrected chi connectivity index (χ0v) is 9.88. The lowest BCUT2D eigenvalue weighted by Gasteiger charge is -2.15. The van der Waals surface area contributed by atoms with Crippen molar-refractivity contribution in [3.05, 3.63) is 29.1 Å². The summed E-state index contributed by atoms with van der Waals surface area (Å²) in [5.41, 5.74) is -0.533. The molecule has 1 N–H and O–H groups in total. The lowest BCUT2D eigenvalue weighted by Crippen LogP contribution is -2.12. The monoisotopic (exact) mass is 247 g/mol. The first-order valence-corrected chi connectivity index (χ1v) is 5.57. The summed E-state index contributed by atoms with van der Waals surface area (Å²) in [5.74, 6) is -0.00570. The fraction of sp³-hybridized carbons (Fsp3) is 0.583. The Hall–Kier alpha value is -1.10. The van der Waals surface area contributed by atoms with Crippen molar-refractivity contribution < 1.29 is 18.3 Å². The topological polar surface area (TPSA) is 33.1 Å². The van der Waals surface area contributed by atoms with Crippen molar-refractivity contribution in [3.8, 4) is 0 Å². The highest BCUT2D eigenvalue weighted by atomic mass is 19.4. The van der Waals surface area contributed by atoms with Gasteiger partial charge in [-0.1, -0.05) is 20.3 Å². The van der Waals surface area contributed by atoms with Gasteiger partial charge in [0.05, 0.1) is 12.2 Å². The van der Waals surface area contributed by atoms with Gasteiger partial charge in [0.25, 0.3) is 0 Å². The van der Waals surface area contributed by atoms with Crippen LogP contribution in [0.3, 0.4) is 0 Å². The number of rotatable bonds is 4. The number of aliphatic hydroxyl groups excluding tert-OH is 1. The van der Waals surface area contributed by atoms with E-state index in [9.17, 15) is 13.2 Å². The van der Waals surface area contributed by atoms with Crippen molar-refractivity contribution in [2.45, 2.75) is 45.4 Å². The third kappa shape index (κ3) is 3.43. The quantitative estimate of drug-likeness (QED) is 0.883. The zero-order chi connectivity index (χ0) is 13.1. The third-order valence-corrected chi connectivity index (χ3v) is 2.71. The molecule has 96 valence electrons. The van der Waals surface area contributed by atoms with E-state index in [1.165, 1.54) is 0 Å². The average Bonchev–Trinajstić information content (AvgIpc) is 2.27. The Labute approximate surface area is 98.5 Å². The maximum absolute atomic E-state index is 12.7. The van der Waals surface area contributed by atoms with Gasteiger partial charge in [0.15, 0.2) is 0 Å². The van der Waals surface area contributed by atoms with Gasteiger partial charge in [0.2, 0.25) is 0 Å². The van der Waals surface area contributed by atoms with E-state index in [0.29, 0.717) is 5.69 Å². The van der Waals surface area contributed by atoms with Crippen molar-refractivity contribution >= 4 is 0 Å². The summed E-state index contributed by atoms with van der Waals surface area (Å²) in [5, 5.41) is 8.87. The van der Waals surface area contributed by atoms with Crippen LogP contribution in [0.5, 0.6) is 0 Å². The van der Waals surface area contributed by atoms with E-state index < -0.39 is 18.3 Å². The zero-order valence-electron chi connectivity index (χ0n) is 9.88. The Kier molecular flexibility index (Phi) is 4.51. The van der Waals surface area contributed by atoms with Crippen molar-refractivity contribution in [1.82, 2.24) is 4.98 Å². The summed E-state index contributed by atoms with van der Waals surface area (Å²) in [6.07, 6.45) is -1.64. The number of halogens is 3. The molecule has 0 spiro atoms. The first-order valence-electron chi connectivity index (χ1n) is 5.57. The second-order valence-corrected chi connectivity index (χ2v) is 4.11. The molecule has 0 aromatic carbocycles. The summed E-state index contributed by atoms with van der Waals surface area (Å²) >= 11 is 0. The lowest BCUT2D eigenvalue weighted by molar-refractivity contribution is -0.138. The fourth-order valence-electron chi connectivity index (χ4n) is 1.74. The molecule has 0 aliphatic carbocycles. The van der Waals surface area contributed by atoms with E-state index in [1.54, 1.807) is 0 Å². The SMILES string of the molecule is CCCC(C)c1cc(C(F)(F)F)c(CO)cn1. The molecule has 0 saturated heterocycles. The highest BCUT2D eigenvalue weighted by Gasteiger charge is 2.34. The predicted octanol–water partition coefficient (Wildman–Crippen LogP) is 3.50. The van der Waals surface area contributed by atoms with E-state index in [1.807, 2.05) is 13.8 Å². The maximum Gasteiger partial charge on any atom is 0.416 e. The van der Waals surface area contributed by atoms with Crippen molar-refractivity contribution in [3.63, 3.8) is 0 Å². The molecule has 2 nitrogen and oxygen atoms in total. The van der Waals surface area contributed by atoms with Gasteiger partial charge in [0, 0.05) is 17.5 Å². The highest BCUT2D eigenvalue weighted by molar-refractivity contribution is 5.30. The second kappa shape index (κ2) is 5.49. The molecule has 0 aliphatic rings. The molecule has 0 bridgehead atoms. The normalized spacial score (nSPS) is 13.8. The minimum absolute atomic E-state index is 0.00570. The molecule has 5 heteroatoms. The summed E-state index contributed by atoms with van der Waals surface area (Å²) in [4.78, 5) is 3.98. The van der Waals surface area contributed by atoms with Gasteiger partial charge in [-0.2, -0.15) is 13.2 Å². The Balaban J connectivity index is 3.13. The molecule has 17 heavy (non-hydrogen) atoms. The standard InChI is InChI=1S/C12H16F3NO/c1-3-4-8(2)11-5-10(12(13,14)15)9(7-17)6-16-11/h5-6,8,17H,3-4,7H2,1-2H3. The molecule has 0 amide bonds. The minimum atomic E-state index is -4.44. The van der Waals surface area contributed by atoms with Gasteiger partial charge >= 0.3 is 6.18 Å². The number of nitrogens with zero attached hydrogens (tertiary/aromatic N) is 1. The highest BCUT2D eigenvalue weighted by Crippen LogP contribution is 2.33. The van der Waals surface area contributed by atoms with Crippen molar-refractivity contribution in [1.29, 1.82) is 0 Å². The number of pyridine rings is 1. The average molecular weight is 247 g/mol. The van der Waals surface area contributed by atoms with E-state index in [2.05, 4.69) is 4.98 Å². The van der Waals surface area contributed by atoms with Crippen molar-refractivity contribution in [2.24, 2.45) is 0 Å². The van der Waals surface area contributed by atoms with Crippen LogP contribution in [0.25, 0.3) is 0 Å². The summed E-state index contributed by atoms with van der Waals surface area (Å²) < 4.78 is 38.2. The fourth-order valence-corrected chi connectivity index (χ4v) is 1.74. The third-order valence-electron chi connectivity index (χ3n) is 2.71.